The van der Waals surface area contributed by atoms with Crippen LogP contribution < -0.4 is 15.4 Å². The van der Waals surface area contributed by atoms with Crippen LogP contribution in [0.25, 0.3) is 0 Å². The van der Waals surface area contributed by atoms with Gasteiger partial charge in [-0.05, 0) is 43.2 Å². The molecule has 0 aromatic heterocycles. The molecule has 1 aliphatic carbocycles. The van der Waals surface area contributed by atoms with Crippen molar-refractivity contribution in [2.24, 2.45) is 11.8 Å². The Labute approximate surface area is 147 Å². The number of carbonyl (C=O) groups excluding carboxylic acids is 2. The minimum atomic E-state index is -0.248. The zero-order valence-electron chi connectivity index (χ0n) is 14.2. The van der Waals surface area contributed by atoms with Gasteiger partial charge in [-0.1, -0.05) is 30.3 Å². The summed E-state index contributed by atoms with van der Waals surface area (Å²) in [6.07, 6.45) is 0.601. The summed E-state index contributed by atoms with van der Waals surface area (Å²) in [6, 6.07) is 17.0. The number of rotatable bonds is 7. The Morgan fingerprint density at radius 1 is 1.00 bits per heavy atom. The summed E-state index contributed by atoms with van der Waals surface area (Å²) >= 11 is 0. The fourth-order valence-electron chi connectivity index (χ4n) is 2.73. The Morgan fingerprint density at radius 3 is 2.36 bits per heavy atom. The first-order valence-electron chi connectivity index (χ1n) is 8.52. The van der Waals surface area contributed by atoms with Crippen molar-refractivity contribution in [3.8, 4) is 5.75 Å². The van der Waals surface area contributed by atoms with Crippen LogP contribution in [0.15, 0.2) is 54.6 Å². The molecule has 25 heavy (non-hydrogen) atoms. The molecule has 0 radical (unpaired) electrons. The van der Waals surface area contributed by atoms with Crippen molar-refractivity contribution in [3.05, 3.63) is 60.2 Å². The van der Waals surface area contributed by atoms with E-state index in [1.807, 2.05) is 49.4 Å². The van der Waals surface area contributed by atoms with Crippen molar-refractivity contribution in [1.82, 2.24) is 5.32 Å². The maximum atomic E-state index is 12.3. The van der Waals surface area contributed by atoms with Gasteiger partial charge in [-0.2, -0.15) is 0 Å². The van der Waals surface area contributed by atoms with E-state index in [2.05, 4.69) is 10.6 Å². The lowest BCUT2D eigenvalue weighted by Crippen LogP contribution is -2.27. The molecule has 3 rings (SSSR count). The Hall–Kier alpha value is -2.82. The SMILES string of the molecule is CCOc1ccc(NC(=O)C2CC2C(=O)NCc2ccccc2)cc1. The van der Waals surface area contributed by atoms with E-state index >= 15 is 0 Å². The largest absolute Gasteiger partial charge is 0.494 e. The quantitative estimate of drug-likeness (QED) is 0.815. The second-order valence-corrected chi connectivity index (χ2v) is 6.10. The highest BCUT2D eigenvalue weighted by molar-refractivity contribution is 5.99. The molecule has 0 spiro atoms. The van der Waals surface area contributed by atoms with Crippen LogP contribution in [0.2, 0.25) is 0 Å². The van der Waals surface area contributed by atoms with Gasteiger partial charge in [0.05, 0.1) is 18.4 Å². The van der Waals surface area contributed by atoms with Gasteiger partial charge < -0.3 is 15.4 Å². The number of benzene rings is 2. The van der Waals surface area contributed by atoms with Crippen LogP contribution in [0.5, 0.6) is 5.75 Å². The molecule has 1 saturated carbocycles. The van der Waals surface area contributed by atoms with Crippen LogP contribution in [0.1, 0.15) is 18.9 Å². The Kier molecular flexibility index (Phi) is 5.33. The molecule has 2 aromatic carbocycles. The summed E-state index contributed by atoms with van der Waals surface area (Å²) in [4.78, 5) is 24.4. The minimum Gasteiger partial charge on any atom is -0.494 e. The van der Waals surface area contributed by atoms with Crippen LogP contribution in [-0.4, -0.2) is 18.4 Å². The van der Waals surface area contributed by atoms with E-state index in [1.165, 1.54) is 0 Å². The van der Waals surface area contributed by atoms with Crippen LogP contribution in [0.4, 0.5) is 5.69 Å². The van der Waals surface area contributed by atoms with Gasteiger partial charge in [0.2, 0.25) is 11.8 Å². The number of carbonyl (C=O) groups is 2. The first-order chi connectivity index (χ1) is 12.2. The smallest absolute Gasteiger partial charge is 0.228 e. The predicted octanol–water partition coefficient (Wildman–Crippen LogP) is 2.98. The number of anilines is 1. The Bertz CT molecular complexity index is 728. The van der Waals surface area contributed by atoms with Gasteiger partial charge in [0.15, 0.2) is 0 Å². The standard InChI is InChI=1S/C20H22N2O3/c1-2-25-16-10-8-15(9-11-16)22-20(24)18-12-17(18)19(23)21-13-14-6-4-3-5-7-14/h3-11,17-18H,2,12-13H2,1H3,(H,21,23)(H,22,24). The fourth-order valence-corrected chi connectivity index (χ4v) is 2.73. The monoisotopic (exact) mass is 338 g/mol. The first kappa shape index (κ1) is 17.0. The zero-order valence-corrected chi connectivity index (χ0v) is 14.2. The highest BCUT2D eigenvalue weighted by Gasteiger charge is 2.47. The van der Waals surface area contributed by atoms with E-state index in [1.54, 1.807) is 12.1 Å². The van der Waals surface area contributed by atoms with Gasteiger partial charge in [-0.25, -0.2) is 0 Å². The third-order valence-electron chi connectivity index (χ3n) is 4.21. The van der Waals surface area contributed by atoms with E-state index in [0.29, 0.717) is 25.3 Å². The summed E-state index contributed by atoms with van der Waals surface area (Å²) in [5, 5.41) is 5.75. The molecule has 1 aliphatic rings. The van der Waals surface area contributed by atoms with Crippen LogP contribution >= 0.6 is 0 Å². The fraction of sp³-hybridized carbons (Fsp3) is 0.300. The van der Waals surface area contributed by atoms with Crippen molar-refractivity contribution in [2.45, 2.75) is 19.9 Å². The summed E-state index contributed by atoms with van der Waals surface area (Å²) < 4.78 is 5.37. The molecule has 2 unspecified atom stereocenters. The third kappa shape index (κ3) is 4.59. The molecule has 2 N–H and O–H groups in total. The molecule has 5 heteroatoms. The van der Waals surface area contributed by atoms with Crippen molar-refractivity contribution >= 4 is 17.5 Å². The molecule has 5 nitrogen and oxygen atoms in total. The van der Waals surface area contributed by atoms with E-state index in [4.69, 9.17) is 4.74 Å². The molecule has 1 fully saturated rings. The van der Waals surface area contributed by atoms with E-state index in [9.17, 15) is 9.59 Å². The minimum absolute atomic E-state index is 0.0595. The van der Waals surface area contributed by atoms with Gasteiger partial charge >= 0.3 is 0 Å². The van der Waals surface area contributed by atoms with E-state index in [-0.39, 0.29) is 23.7 Å². The Morgan fingerprint density at radius 2 is 1.68 bits per heavy atom. The molecule has 130 valence electrons. The van der Waals surface area contributed by atoms with Crippen molar-refractivity contribution in [2.75, 3.05) is 11.9 Å². The third-order valence-corrected chi connectivity index (χ3v) is 4.21. The maximum Gasteiger partial charge on any atom is 0.228 e. The molecule has 2 amide bonds. The van der Waals surface area contributed by atoms with E-state index < -0.39 is 0 Å². The molecule has 0 aliphatic heterocycles. The lowest BCUT2D eigenvalue weighted by Gasteiger charge is -2.07. The maximum absolute atomic E-state index is 12.3. The summed E-state index contributed by atoms with van der Waals surface area (Å²) in [5.41, 5.74) is 1.76. The normalized spacial score (nSPS) is 18.3. The van der Waals surface area contributed by atoms with Gasteiger partial charge in [0.25, 0.3) is 0 Å². The topological polar surface area (TPSA) is 67.4 Å². The number of hydrogen-bond acceptors (Lipinski definition) is 3. The highest BCUT2D eigenvalue weighted by atomic mass is 16.5. The first-order valence-corrected chi connectivity index (χ1v) is 8.52. The average molecular weight is 338 g/mol. The highest BCUT2D eigenvalue weighted by Crippen LogP contribution is 2.39. The second-order valence-electron chi connectivity index (χ2n) is 6.10. The van der Waals surface area contributed by atoms with Gasteiger partial charge in [-0.15, -0.1) is 0 Å². The molecule has 0 bridgehead atoms. The zero-order chi connectivity index (χ0) is 17.6. The molecule has 2 aromatic rings. The van der Waals surface area contributed by atoms with E-state index in [0.717, 1.165) is 11.3 Å². The van der Waals surface area contributed by atoms with Crippen LogP contribution in [0, 0.1) is 11.8 Å². The van der Waals surface area contributed by atoms with Crippen LogP contribution in [0.3, 0.4) is 0 Å². The number of hydrogen-bond donors (Lipinski definition) is 2. The second kappa shape index (κ2) is 7.83. The molecule has 0 saturated heterocycles. The summed E-state index contributed by atoms with van der Waals surface area (Å²) in [7, 11) is 0. The van der Waals surface area contributed by atoms with Gasteiger partial charge in [-0.3, -0.25) is 9.59 Å². The predicted molar refractivity (Wildman–Crippen MR) is 96.1 cm³/mol. The summed E-state index contributed by atoms with van der Waals surface area (Å²) in [5.74, 6) is 0.124. The number of amides is 2. The molecular formula is C20H22N2O3. The van der Waals surface area contributed by atoms with Crippen molar-refractivity contribution in [1.29, 1.82) is 0 Å². The number of ether oxygens (including phenoxy) is 1. The average Bonchev–Trinajstić information content (AvgIpc) is 3.43. The van der Waals surface area contributed by atoms with Gasteiger partial charge in [0.1, 0.15) is 5.75 Å². The Balaban J connectivity index is 1.45. The summed E-state index contributed by atoms with van der Waals surface area (Å²) in [6.45, 7) is 3.02. The number of nitrogens with one attached hydrogen (secondary N) is 2. The van der Waals surface area contributed by atoms with Crippen LogP contribution in [-0.2, 0) is 16.1 Å². The van der Waals surface area contributed by atoms with Gasteiger partial charge in [0, 0.05) is 12.2 Å². The van der Waals surface area contributed by atoms with Crippen molar-refractivity contribution < 1.29 is 14.3 Å². The van der Waals surface area contributed by atoms with Crippen molar-refractivity contribution in [3.63, 3.8) is 0 Å². The molecule has 0 heterocycles. The lowest BCUT2D eigenvalue weighted by atomic mass is 10.2. The molecular weight excluding hydrogens is 316 g/mol. The molecule has 2 atom stereocenters. The lowest BCUT2D eigenvalue weighted by molar-refractivity contribution is -0.125.